The van der Waals surface area contributed by atoms with E-state index in [9.17, 15) is 24.6 Å². The van der Waals surface area contributed by atoms with Gasteiger partial charge in [0.2, 0.25) is 0 Å². The van der Waals surface area contributed by atoms with Crippen molar-refractivity contribution in [3.8, 4) is 11.5 Å². The minimum atomic E-state index is -1.56. The number of rotatable bonds is 7. The number of allylic oxidation sites excluding steroid dienone is 2. The molecule has 1 amide bonds. The van der Waals surface area contributed by atoms with E-state index < -0.39 is 30.3 Å². The van der Waals surface area contributed by atoms with Gasteiger partial charge < -0.3 is 20.1 Å². The number of aliphatic carboxylic acids is 2. The van der Waals surface area contributed by atoms with Gasteiger partial charge in [-0.2, -0.15) is 0 Å². The van der Waals surface area contributed by atoms with Crippen LogP contribution in [0.25, 0.3) is 6.08 Å². The molecule has 0 radical (unpaired) electrons. The molecule has 0 aliphatic carbocycles. The Kier molecular flexibility index (Phi) is 6.59. The minimum absolute atomic E-state index is 0.00587. The quantitative estimate of drug-likeness (QED) is 0.458. The molecule has 27 heavy (non-hydrogen) atoms. The highest BCUT2D eigenvalue weighted by Crippen LogP contribution is 2.33. The number of aromatic hydroxyl groups is 1. The number of ether oxygens (including phenoxy) is 1. The van der Waals surface area contributed by atoms with Crippen molar-refractivity contribution < 1.29 is 34.4 Å². The summed E-state index contributed by atoms with van der Waals surface area (Å²) in [5.41, 5.74) is 0.700. The van der Waals surface area contributed by atoms with E-state index in [1.165, 1.54) is 19.3 Å². The molecule has 2 rings (SSSR count). The van der Waals surface area contributed by atoms with Gasteiger partial charge in [-0.1, -0.05) is 42.2 Å². The van der Waals surface area contributed by atoms with Crippen LogP contribution in [0.2, 0.25) is 0 Å². The average Bonchev–Trinajstić information content (AvgIpc) is 2.87. The molecule has 3 N–H and O–H groups in total. The summed E-state index contributed by atoms with van der Waals surface area (Å²) in [5, 5.41) is 27.6. The number of carboxylic acid groups (broad SMARTS) is 2. The number of thioether (sulfide) groups is 1. The average molecular weight is 409 g/mol. The Morgan fingerprint density at radius 1 is 1.37 bits per heavy atom. The molecule has 0 aromatic heterocycles. The van der Waals surface area contributed by atoms with Crippen LogP contribution in [0.5, 0.6) is 11.5 Å². The fourth-order valence-electron chi connectivity index (χ4n) is 2.26. The van der Waals surface area contributed by atoms with Crippen LogP contribution in [0.3, 0.4) is 0 Å². The smallest absolute Gasteiger partial charge is 0.327 e. The summed E-state index contributed by atoms with van der Waals surface area (Å²) in [5.74, 6) is -3.16. The molecular weight excluding hydrogens is 394 g/mol. The Balaban J connectivity index is 2.20. The van der Waals surface area contributed by atoms with E-state index in [2.05, 4.69) is 0 Å². The van der Waals surface area contributed by atoms with Gasteiger partial charge in [0.25, 0.3) is 5.91 Å². The lowest BCUT2D eigenvalue weighted by molar-refractivity contribution is -0.150. The summed E-state index contributed by atoms with van der Waals surface area (Å²) in [6.45, 7) is 0. The highest BCUT2D eigenvalue weighted by atomic mass is 32.2. The number of nitrogens with zero attached hydrogens (tertiary/aromatic N) is 1. The summed E-state index contributed by atoms with van der Waals surface area (Å²) in [4.78, 5) is 35.6. The molecule has 1 unspecified atom stereocenters. The Morgan fingerprint density at radius 2 is 2.07 bits per heavy atom. The lowest BCUT2D eigenvalue weighted by Gasteiger charge is -2.21. The van der Waals surface area contributed by atoms with E-state index in [4.69, 9.17) is 22.1 Å². The van der Waals surface area contributed by atoms with E-state index in [1.54, 1.807) is 24.3 Å². The first-order chi connectivity index (χ1) is 12.7. The predicted molar refractivity (Wildman–Crippen MR) is 102 cm³/mol. The number of amides is 1. The van der Waals surface area contributed by atoms with E-state index in [0.29, 0.717) is 11.3 Å². The zero-order valence-electron chi connectivity index (χ0n) is 14.0. The van der Waals surface area contributed by atoms with E-state index in [-0.39, 0.29) is 15.0 Å². The van der Waals surface area contributed by atoms with Gasteiger partial charge in [-0.05, 0) is 23.8 Å². The van der Waals surface area contributed by atoms with Crippen LogP contribution in [-0.2, 0) is 14.4 Å². The molecule has 1 saturated heterocycles. The van der Waals surface area contributed by atoms with Crippen LogP contribution >= 0.6 is 24.0 Å². The van der Waals surface area contributed by atoms with Crippen molar-refractivity contribution in [2.75, 3.05) is 7.11 Å². The number of carbonyl (C=O) groups is 3. The number of methoxy groups -OCH3 is 1. The molecule has 8 nitrogen and oxygen atoms in total. The monoisotopic (exact) mass is 409 g/mol. The third-order valence-electron chi connectivity index (χ3n) is 3.53. The molecule has 142 valence electrons. The number of benzene rings is 1. The SMILES string of the molecule is COc1cc(C=CC=C2SC(=S)N(C(CC(=O)O)C(=O)O)C2=O)ccc1O. The van der Waals surface area contributed by atoms with E-state index >= 15 is 0 Å². The molecule has 1 aliphatic rings. The van der Waals surface area contributed by atoms with Gasteiger partial charge in [0.05, 0.1) is 18.4 Å². The number of hydrogen-bond donors (Lipinski definition) is 3. The van der Waals surface area contributed by atoms with E-state index in [0.717, 1.165) is 16.7 Å². The van der Waals surface area contributed by atoms with Gasteiger partial charge in [-0.15, -0.1) is 0 Å². The van der Waals surface area contributed by atoms with Gasteiger partial charge in [-0.3, -0.25) is 14.5 Å². The zero-order chi connectivity index (χ0) is 20.1. The lowest BCUT2D eigenvalue weighted by Crippen LogP contribution is -2.45. The van der Waals surface area contributed by atoms with Crippen molar-refractivity contribution in [3.05, 3.63) is 40.8 Å². The molecule has 0 saturated carbocycles. The van der Waals surface area contributed by atoms with Crippen molar-refractivity contribution in [3.63, 3.8) is 0 Å². The molecule has 1 aromatic carbocycles. The highest BCUT2D eigenvalue weighted by molar-refractivity contribution is 8.26. The molecule has 1 heterocycles. The topological polar surface area (TPSA) is 124 Å². The number of carbonyl (C=O) groups excluding carboxylic acids is 1. The Bertz CT molecular complexity index is 863. The Labute approximate surface area is 163 Å². The largest absolute Gasteiger partial charge is 0.504 e. The van der Waals surface area contributed by atoms with Gasteiger partial charge in [-0.25, -0.2) is 4.79 Å². The van der Waals surface area contributed by atoms with Crippen LogP contribution in [0.1, 0.15) is 12.0 Å². The highest BCUT2D eigenvalue weighted by Gasteiger charge is 2.41. The van der Waals surface area contributed by atoms with Gasteiger partial charge >= 0.3 is 11.9 Å². The Hall–Kier alpha value is -2.85. The first-order valence-electron chi connectivity index (χ1n) is 7.50. The second kappa shape index (κ2) is 8.69. The number of phenolic OH excluding ortho intramolecular Hbond substituents is 1. The van der Waals surface area contributed by atoms with Crippen molar-refractivity contribution >= 4 is 52.2 Å². The van der Waals surface area contributed by atoms with Crippen LogP contribution in [-0.4, -0.2) is 55.5 Å². The van der Waals surface area contributed by atoms with Crippen LogP contribution in [0, 0.1) is 0 Å². The van der Waals surface area contributed by atoms with Crippen LogP contribution in [0.4, 0.5) is 0 Å². The van der Waals surface area contributed by atoms with Gasteiger partial charge in [0.1, 0.15) is 10.4 Å². The number of thiocarbonyl (C=S) groups is 1. The van der Waals surface area contributed by atoms with Crippen molar-refractivity contribution in [2.45, 2.75) is 12.5 Å². The molecule has 1 aromatic rings. The van der Waals surface area contributed by atoms with Gasteiger partial charge in [0.15, 0.2) is 11.5 Å². The third-order valence-corrected chi connectivity index (χ3v) is 4.88. The molecule has 10 heteroatoms. The predicted octanol–water partition coefficient (Wildman–Crippen LogP) is 2.09. The maximum Gasteiger partial charge on any atom is 0.327 e. The molecule has 1 aliphatic heterocycles. The normalized spacial score (nSPS) is 16.9. The standard InChI is InChI=1S/C17H15NO7S2/c1-25-12-7-9(5-6-11(12)19)3-2-4-13-15(22)18(17(26)27-13)10(16(23)24)8-14(20)21/h2-7,10,19H,8H2,1H3,(H,20,21)(H,23,24). The molecule has 0 bridgehead atoms. The maximum atomic E-state index is 12.4. The first kappa shape index (κ1) is 20.5. The maximum absolute atomic E-state index is 12.4. The summed E-state index contributed by atoms with van der Waals surface area (Å²) >= 11 is 5.93. The number of phenols is 1. The van der Waals surface area contributed by atoms with Crippen molar-refractivity contribution in [2.24, 2.45) is 0 Å². The first-order valence-corrected chi connectivity index (χ1v) is 8.72. The van der Waals surface area contributed by atoms with Crippen molar-refractivity contribution in [1.29, 1.82) is 0 Å². The van der Waals surface area contributed by atoms with Crippen molar-refractivity contribution in [1.82, 2.24) is 4.90 Å². The van der Waals surface area contributed by atoms with Crippen LogP contribution in [0.15, 0.2) is 35.3 Å². The summed E-state index contributed by atoms with van der Waals surface area (Å²) in [6, 6.07) is 3.13. The number of hydrogen-bond acceptors (Lipinski definition) is 7. The summed E-state index contributed by atoms with van der Waals surface area (Å²) < 4.78 is 4.99. The summed E-state index contributed by atoms with van der Waals surface area (Å²) in [6.07, 6.45) is 3.92. The summed E-state index contributed by atoms with van der Waals surface area (Å²) in [7, 11) is 1.42. The van der Waals surface area contributed by atoms with Gasteiger partial charge in [0, 0.05) is 0 Å². The van der Waals surface area contributed by atoms with E-state index in [1.807, 2.05) is 0 Å². The molecule has 1 atom stereocenters. The molecular formula is C17H15NO7S2. The fraction of sp³-hybridized carbons (Fsp3) is 0.176. The second-order valence-electron chi connectivity index (χ2n) is 5.32. The van der Waals surface area contributed by atoms with Crippen LogP contribution < -0.4 is 4.74 Å². The molecule has 1 fully saturated rings. The number of carboxylic acids is 2. The minimum Gasteiger partial charge on any atom is -0.504 e. The molecule has 0 spiro atoms. The lowest BCUT2D eigenvalue weighted by atomic mass is 10.1. The third kappa shape index (κ3) is 4.86. The zero-order valence-corrected chi connectivity index (χ0v) is 15.6. The second-order valence-corrected chi connectivity index (χ2v) is 6.99. The fourth-order valence-corrected chi connectivity index (χ4v) is 3.57. The Morgan fingerprint density at radius 3 is 2.67 bits per heavy atom.